The van der Waals surface area contributed by atoms with Gasteiger partial charge in [-0.2, -0.15) is 14.1 Å². The molecule has 2 aromatic carbocycles. The Morgan fingerprint density at radius 3 is 2.47 bits per heavy atom. The van der Waals surface area contributed by atoms with Crippen LogP contribution >= 0.6 is 11.3 Å². The van der Waals surface area contributed by atoms with Crippen LogP contribution < -0.4 is 5.32 Å². The van der Waals surface area contributed by atoms with Crippen molar-refractivity contribution in [2.24, 2.45) is 0 Å². The van der Waals surface area contributed by atoms with E-state index in [1.54, 1.807) is 27.2 Å². The number of sulfonamides is 1. The topological polar surface area (TPSA) is 97.2 Å². The van der Waals surface area contributed by atoms with E-state index in [0.29, 0.717) is 23.1 Å². The van der Waals surface area contributed by atoms with Gasteiger partial charge in [-0.05, 0) is 75.1 Å². The molecular weight excluding hydrogens is 518 g/mol. The number of anilines is 1. The first kappa shape index (κ1) is 26.5. The molecule has 0 unspecified atom stereocenters. The molecule has 2 heterocycles. The summed E-state index contributed by atoms with van der Waals surface area (Å²) in [6.07, 6.45) is 5.07. The minimum absolute atomic E-state index is 0.0421. The fourth-order valence-electron chi connectivity index (χ4n) is 5.28. The van der Waals surface area contributed by atoms with Gasteiger partial charge in [-0.15, -0.1) is 0 Å². The van der Waals surface area contributed by atoms with Crippen LogP contribution in [0, 0.1) is 20.8 Å². The van der Waals surface area contributed by atoms with E-state index >= 15 is 0 Å². The summed E-state index contributed by atoms with van der Waals surface area (Å²) in [7, 11) is -3.63. The highest BCUT2D eigenvalue weighted by Gasteiger charge is 2.31. The molecule has 0 aliphatic heterocycles. The molecule has 8 nitrogen and oxygen atoms in total. The van der Waals surface area contributed by atoms with Crippen molar-refractivity contribution in [3.63, 3.8) is 0 Å². The molecule has 1 amide bonds. The number of hydrogen-bond donors (Lipinski definition) is 1. The van der Waals surface area contributed by atoms with E-state index in [1.807, 2.05) is 20.8 Å². The monoisotopic (exact) mass is 551 g/mol. The van der Waals surface area contributed by atoms with Crippen LogP contribution in [0.4, 0.5) is 5.82 Å². The smallest absolute Gasteiger partial charge is 0.256 e. The van der Waals surface area contributed by atoms with Gasteiger partial charge < -0.3 is 5.32 Å². The molecule has 10 heteroatoms. The van der Waals surface area contributed by atoms with Gasteiger partial charge in [0, 0.05) is 24.2 Å². The van der Waals surface area contributed by atoms with Crippen molar-refractivity contribution in [3.05, 3.63) is 64.8 Å². The number of carbonyl (C=O) groups is 1. The van der Waals surface area contributed by atoms with Crippen LogP contribution in [0.25, 0.3) is 15.3 Å². The number of nitrogens with one attached hydrogen (secondary N) is 1. The maximum absolute atomic E-state index is 13.4. The van der Waals surface area contributed by atoms with Gasteiger partial charge in [-0.25, -0.2) is 13.4 Å². The molecule has 0 atom stereocenters. The Hall–Kier alpha value is -3.08. The second kappa shape index (κ2) is 10.6. The summed E-state index contributed by atoms with van der Waals surface area (Å²) in [5.74, 6) is 0.162. The second-order valence-corrected chi connectivity index (χ2v) is 12.9. The zero-order chi connectivity index (χ0) is 27.0. The Morgan fingerprint density at radius 1 is 1.08 bits per heavy atom. The van der Waals surface area contributed by atoms with Crippen LogP contribution in [0.3, 0.4) is 0 Å². The van der Waals surface area contributed by atoms with Crippen molar-refractivity contribution in [1.29, 1.82) is 0 Å². The summed E-state index contributed by atoms with van der Waals surface area (Å²) in [6, 6.07) is 12.2. The van der Waals surface area contributed by atoms with Crippen molar-refractivity contribution < 1.29 is 13.2 Å². The van der Waals surface area contributed by atoms with E-state index < -0.39 is 10.0 Å². The summed E-state index contributed by atoms with van der Waals surface area (Å²) in [6.45, 7) is 8.27. The highest BCUT2D eigenvalue weighted by molar-refractivity contribution is 7.89. The Kier molecular flexibility index (Phi) is 7.39. The molecular formula is C28H33N5O3S2. The summed E-state index contributed by atoms with van der Waals surface area (Å²) < 4.78 is 31.1. The summed E-state index contributed by atoms with van der Waals surface area (Å²) in [4.78, 5) is 18.1. The normalized spacial score (nSPS) is 14.9. The summed E-state index contributed by atoms with van der Waals surface area (Å²) >= 11 is 1.52. The fourth-order valence-corrected chi connectivity index (χ4v) is 8.08. The number of fused-ring (bicyclic) bond motifs is 1. The van der Waals surface area contributed by atoms with E-state index in [0.717, 1.165) is 53.6 Å². The van der Waals surface area contributed by atoms with Crippen LogP contribution in [0.2, 0.25) is 0 Å². The number of amides is 1. The molecule has 1 aliphatic carbocycles. The third kappa shape index (κ3) is 5.12. The van der Waals surface area contributed by atoms with E-state index in [4.69, 9.17) is 4.98 Å². The first-order chi connectivity index (χ1) is 18.2. The quantitative estimate of drug-likeness (QED) is 0.304. The van der Waals surface area contributed by atoms with Gasteiger partial charge in [0.2, 0.25) is 15.2 Å². The maximum Gasteiger partial charge on any atom is 0.256 e. The molecule has 2 aromatic heterocycles. The largest absolute Gasteiger partial charge is 0.306 e. The lowest BCUT2D eigenvalue weighted by Gasteiger charge is -2.32. The van der Waals surface area contributed by atoms with Gasteiger partial charge in [0.15, 0.2) is 0 Å². The minimum Gasteiger partial charge on any atom is -0.306 e. The van der Waals surface area contributed by atoms with E-state index in [9.17, 15) is 13.2 Å². The Morgan fingerprint density at radius 2 is 1.79 bits per heavy atom. The van der Waals surface area contributed by atoms with Crippen molar-refractivity contribution in [2.75, 3.05) is 11.9 Å². The molecule has 0 saturated heterocycles. The predicted octanol–water partition coefficient (Wildman–Crippen LogP) is 6.00. The zero-order valence-electron chi connectivity index (χ0n) is 22.2. The Labute approximate surface area is 227 Å². The SMILES string of the molecule is CCN(C1CCCCC1)S(=O)(=O)c1ccc(C(=O)Nc2cc(C)nn2-c2nc3c(C)cc(C)cc3s2)cc1. The first-order valence-corrected chi connectivity index (χ1v) is 15.3. The molecule has 1 aliphatic rings. The van der Waals surface area contributed by atoms with Crippen molar-refractivity contribution in [3.8, 4) is 5.13 Å². The first-order valence-electron chi connectivity index (χ1n) is 13.1. The van der Waals surface area contributed by atoms with Gasteiger partial charge in [0.1, 0.15) is 5.82 Å². The second-order valence-electron chi connectivity index (χ2n) is 9.99. The molecule has 38 heavy (non-hydrogen) atoms. The highest BCUT2D eigenvalue weighted by atomic mass is 32.2. The van der Waals surface area contributed by atoms with Crippen LogP contribution in [0.15, 0.2) is 47.4 Å². The predicted molar refractivity (Wildman–Crippen MR) is 152 cm³/mol. The van der Waals surface area contributed by atoms with E-state index in [-0.39, 0.29) is 16.8 Å². The lowest BCUT2D eigenvalue weighted by Crippen LogP contribution is -2.41. The van der Waals surface area contributed by atoms with Gasteiger partial charge in [0.05, 0.1) is 20.8 Å². The molecule has 0 spiro atoms. The van der Waals surface area contributed by atoms with Gasteiger partial charge in [-0.3, -0.25) is 4.79 Å². The third-order valence-corrected chi connectivity index (χ3v) is 10.1. The summed E-state index contributed by atoms with van der Waals surface area (Å²) in [5, 5.41) is 8.16. The number of aryl methyl sites for hydroxylation is 3. The number of hydrogen-bond acceptors (Lipinski definition) is 6. The lowest BCUT2D eigenvalue weighted by molar-refractivity contribution is 0.102. The van der Waals surface area contributed by atoms with E-state index in [1.165, 1.54) is 29.0 Å². The van der Waals surface area contributed by atoms with Crippen molar-refractivity contribution in [1.82, 2.24) is 19.1 Å². The number of thiazole rings is 1. The molecule has 200 valence electrons. The van der Waals surface area contributed by atoms with Crippen LogP contribution in [-0.4, -0.2) is 46.0 Å². The lowest BCUT2D eigenvalue weighted by atomic mass is 9.95. The van der Waals surface area contributed by atoms with Crippen molar-refractivity contribution >= 4 is 43.3 Å². The maximum atomic E-state index is 13.4. The fraction of sp³-hybridized carbons (Fsp3) is 0.393. The zero-order valence-corrected chi connectivity index (χ0v) is 23.8. The Bertz CT molecular complexity index is 1580. The molecule has 1 N–H and O–H groups in total. The van der Waals surface area contributed by atoms with Gasteiger partial charge >= 0.3 is 0 Å². The molecule has 5 rings (SSSR count). The van der Waals surface area contributed by atoms with Crippen LogP contribution in [0.5, 0.6) is 0 Å². The molecule has 4 aromatic rings. The van der Waals surface area contributed by atoms with Crippen LogP contribution in [-0.2, 0) is 10.0 Å². The molecule has 0 radical (unpaired) electrons. The standard InChI is InChI=1S/C28H33N5O3S2/c1-5-32(22-9-7-6-8-10-22)38(35,36)23-13-11-21(12-14-23)27(34)29-25-17-20(4)31-33(25)28-30-26-19(3)15-18(2)16-24(26)37-28/h11-17,22H,5-10H2,1-4H3,(H,29,34). The van der Waals surface area contributed by atoms with Crippen LogP contribution in [0.1, 0.15) is 66.2 Å². The highest BCUT2D eigenvalue weighted by Crippen LogP contribution is 2.31. The molecule has 1 saturated carbocycles. The number of aromatic nitrogens is 3. The number of carbonyl (C=O) groups excluding carboxylic acids is 1. The van der Waals surface area contributed by atoms with Crippen molar-refractivity contribution in [2.45, 2.75) is 70.7 Å². The molecule has 0 bridgehead atoms. The average Bonchev–Trinajstić information content (AvgIpc) is 3.48. The van der Waals surface area contributed by atoms with Gasteiger partial charge in [0.25, 0.3) is 5.91 Å². The summed E-state index contributed by atoms with van der Waals surface area (Å²) in [5.41, 5.74) is 4.30. The van der Waals surface area contributed by atoms with Gasteiger partial charge in [-0.1, -0.05) is 43.6 Å². The molecule has 1 fully saturated rings. The van der Waals surface area contributed by atoms with E-state index in [2.05, 4.69) is 29.5 Å². The number of nitrogens with zero attached hydrogens (tertiary/aromatic N) is 4. The third-order valence-electron chi connectivity index (χ3n) is 7.09. The number of rotatable bonds is 7. The minimum atomic E-state index is -3.63. The Balaban J connectivity index is 1.37. The average molecular weight is 552 g/mol. The number of benzene rings is 2.